The summed E-state index contributed by atoms with van der Waals surface area (Å²) in [6, 6.07) is 8.37. The van der Waals surface area contributed by atoms with Crippen LogP contribution in [-0.2, 0) is 14.8 Å². The summed E-state index contributed by atoms with van der Waals surface area (Å²) in [5.74, 6) is 0.0985. The largest absolute Gasteiger partial charge is 0.495 e. The molecule has 10 heteroatoms. The Hall–Kier alpha value is -2.14. The zero-order valence-corrected chi connectivity index (χ0v) is 18.2. The predicted molar refractivity (Wildman–Crippen MR) is 112 cm³/mol. The summed E-state index contributed by atoms with van der Waals surface area (Å²) in [5.41, 5.74) is 0.890. The molecule has 0 bridgehead atoms. The molecule has 3 rings (SSSR count). The molecule has 2 aromatic carbocycles. The monoisotopic (exact) mass is 454 g/mol. The predicted octanol–water partition coefficient (Wildman–Crippen LogP) is 2.73. The molecule has 7 nitrogen and oxygen atoms in total. The SMILES string of the molecule is COCCNS(=O)(=O)c1cc(C(=O)NC2CCSc3ccc(F)cc32)ccc1OC. The quantitative estimate of drug-likeness (QED) is 0.596. The van der Waals surface area contributed by atoms with E-state index in [9.17, 15) is 17.6 Å². The Balaban J connectivity index is 1.85. The van der Waals surface area contributed by atoms with Crippen LogP contribution in [0.3, 0.4) is 0 Å². The summed E-state index contributed by atoms with van der Waals surface area (Å²) in [6.45, 7) is 0.290. The van der Waals surface area contributed by atoms with Gasteiger partial charge in [0.25, 0.3) is 5.91 Å². The normalized spacial score (nSPS) is 16.0. The molecule has 1 amide bonds. The van der Waals surface area contributed by atoms with Gasteiger partial charge in [-0.2, -0.15) is 0 Å². The van der Waals surface area contributed by atoms with Gasteiger partial charge in [0.2, 0.25) is 10.0 Å². The first-order chi connectivity index (χ1) is 14.4. The second-order valence-electron chi connectivity index (χ2n) is 6.60. The van der Waals surface area contributed by atoms with E-state index in [1.54, 1.807) is 17.8 Å². The maximum absolute atomic E-state index is 13.7. The first-order valence-electron chi connectivity index (χ1n) is 9.25. The highest BCUT2D eigenvalue weighted by atomic mass is 32.2. The molecule has 0 saturated heterocycles. The van der Waals surface area contributed by atoms with E-state index in [2.05, 4.69) is 10.0 Å². The fourth-order valence-electron chi connectivity index (χ4n) is 3.14. The lowest BCUT2D eigenvalue weighted by molar-refractivity contribution is 0.0934. The van der Waals surface area contributed by atoms with Crippen molar-refractivity contribution in [3.05, 3.63) is 53.3 Å². The van der Waals surface area contributed by atoms with E-state index in [4.69, 9.17) is 9.47 Å². The number of methoxy groups -OCH3 is 2. The Labute approximate surface area is 179 Å². The van der Waals surface area contributed by atoms with E-state index in [0.717, 1.165) is 16.2 Å². The number of sulfonamides is 1. The summed E-state index contributed by atoms with van der Waals surface area (Å²) in [6.07, 6.45) is 0.646. The number of fused-ring (bicyclic) bond motifs is 1. The van der Waals surface area contributed by atoms with Crippen LogP contribution in [0, 0.1) is 5.82 Å². The molecule has 162 valence electrons. The third kappa shape index (κ3) is 5.12. The van der Waals surface area contributed by atoms with Gasteiger partial charge in [-0.1, -0.05) is 0 Å². The molecule has 1 heterocycles. The fraction of sp³-hybridized carbons (Fsp3) is 0.350. The van der Waals surface area contributed by atoms with Crippen molar-refractivity contribution in [1.29, 1.82) is 0 Å². The van der Waals surface area contributed by atoms with Crippen LogP contribution in [0.15, 0.2) is 46.2 Å². The third-order valence-corrected chi connectivity index (χ3v) is 7.24. The van der Waals surface area contributed by atoms with Gasteiger partial charge in [-0.25, -0.2) is 17.5 Å². The molecule has 30 heavy (non-hydrogen) atoms. The molecular formula is C20H23FN2O5S2. The zero-order chi connectivity index (χ0) is 21.7. The minimum atomic E-state index is -3.91. The van der Waals surface area contributed by atoms with Gasteiger partial charge in [0.05, 0.1) is 19.8 Å². The Morgan fingerprint density at radius 3 is 2.77 bits per heavy atom. The minimum Gasteiger partial charge on any atom is -0.495 e. The highest BCUT2D eigenvalue weighted by molar-refractivity contribution is 7.99. The van der Waals surface area contributed by atoms with E-state index in [1.807, 2.05) is 0 Å². The first kappa shape index (κ1) is 22.5. The van der Waals surface area contributed by atoms with Gasteiger partial charge in [0.15, 0.2) is 0 Å². The van der Waals surface area contributed by atoms with E-state index < -0.39 is 15.9 Å². The van der Waals surface area contributed by atoms with E-state index >= 15 is 0 Å². The fourth-order valence-corrected chi connectivity index (χ4v) is 5.45. The van der Waals surface area contributed by atoms with Crippen LogP contribution in [0.2, 0.25) is 0 Å². The van der Waals surface area contributed by atoms with Gasteiger partial charge in [0, 0.05) is 29.9 Å². The van der Waals surface area contributed by atoms with Crippen molar-refractivity contribution in [1.82, 2.24) is 10.0 Å². The second kappa shape index (κ2) is 9.78. The summed E-state index contributed by atoms with van der Waals surface area (Å²) >= 11 is 1.61. The lowest BCUT2D eigenvalue weighted by Crippen LogP contribution is -2.31. The molecule has 2 aromatic rings. The Kier molecular flexibility index (Phi) is 7.35. The second-order valence-corrected chi connectivity index (χ2v) is 9.47. The maximum Gasteiger partial charge on any atom is 0.251 e. The van der Waals surface area contributed by atoms with Gasteiger partial charge in [-0.3, -0.25) is 4.79 Å². The zero-order valence-electron chi connectivity index (χ0n) is 16.6. The van der Waals surface area contributed by atoms with Crippen molar-refractivity contribution >= 4 is 27.7 Å². The molecule has 0 saturated carbocycles. The standard InChI is InChI=1S/C20H23FN2O5S2/c1-27-9-8-22-30(25,26)19-11-13(3-5-17(19)28-2)20(24)23-16-7-10-29-18-6-4-14(21)12-15(16)18/h3-6,11-12,16,22H,7-10H2,1-2H3,(H,23,24). The molecule has 2 N–H and O–H groups in total. The van der Waals surface area contributed by atoms with Crippen molar-refractivity contribution in [2.24, 2.45) is 0 Å². The van der Waals surface area contributed by atoms with Crippen LogP contribution in [0.4, 0.5) is 4.39 Å². The van der Waals surface area contributed by atoms with E-state index in [1.165, 1.54) is 44.6 Å². The van der Waals surface area contributed by atoms with Gasteiger partial charge in [-0.05, 0) is 48.4 Å². The number of rotatable bonds is 8. The highest BCUT2D eigenvalue weighted by Crippen LogP contribution is 2.36. The summed E-state index contributed by atoms with van der Waals surface area (Å²) in [4.78, 5) is 13.6. The first-order valence-corrected chi connectivity index (χ1v) is 11.7. The third-order valence-electron chi connectivity index (χ3n) is 4.63. The van der Waals surface area contributed by atoms with Gasteiger partial charge in [-0.15, -0.1) is 11.8 Å². The van der Waals surface area contributed by atoms with Crippen LogP contribution in [-0.4, -0.2) is 47.4 Å². The average molecular weight is 455 g/mol. The van der Waals surface area contributed by atoms with Gasteiger partial charge < -0.3 is 14.8 Å². The average Bonchev–Trinajstić information content (AvgIpc) is 2.73. The van der Waals surface area contributed by atoms with Crippen LogP contribution < -0.4 is 14.8 Å². The van der Waals surface area contributed by atoms with E-state index in [0.29, 0.717) is 6.42 Å². The molecule has 0 radical (unpaired) electrons. The van der Waals surface area contributed by atoms with Crippen molar-refractivity contribution in [2.75, 3.05) is 33.1 Å². The summed E-state index contributed by atoms with van der Waals surface area (Å²) in [7, 11) is -1.09. The smallest absolute Gasteiger partial charge is 0.251 e. The maximum atomic E-state index is 13.7. The van der Waals surface area contributed by atoms with Crippen LogP contribution in [0.5, 0.6) is 5.75 Å². The molecular weight excluding hydrogens is 431 g/mol. The van der Waals surface area contributed by atoms with Crippen molar-refractivity contribution in [3.63, 3.8) is 0 Å². The molecule has 1 atom stereocenters. The van der Waals surface area contributed by atoms with Crippen molar-refractivity contribution < 1.29 is 27.1 Å². The Morgan fingerprint density at radius 1 is 1.23 bits per heavy atom. The van der Waals surface area contributed by atoms with Crippen molar-refractivity contribution in [2.45, 2.75) is 22.3 Å². The van der Waals surface area contributed by atoms with Crippen LogP contribution >= 0.6 is 11.8 Å². The van der Waals surface area contributed by atoms with Crippen LogP contribution in [0.25, 0.3) is 0 Å². The molecule has 0 spiro atoms. The topological polar surface area (TPSA) is 93.7 Å². The number of benzene rings is 2. The lowest BCUT2D eigenvalue weighted by Gasteiger charge is -2.26. The number of ether oxygens (including phenoxy) is 2. The number of hydrogen-bond acceptors (Lipinski definition) is 6. The number of amides is 1. The number of thioether (sulfide) groups is 1. The molecule has 1 aliphatic rings. The Morgan fingerprint density at radius 2 is 2.03 bits per heavy atom. The van der Waals surface area contributed by atoms with Gasteiger partial charge >= 0.3 is 0 Å². The van der Waals surface area contributed by atoms with Crippen LogP contribution in [0.1, 0.15) is 28.4 Å². The number of carbonyl (C=O) groups is 1. The molecule has 1 unspecified atom stereocenters. The lowest BCUT2D eigenvalue weighted by atomic mass is 10.0. The Bertz CT molecular complexity index is 1030. The number of nitrogens with one attached hydrogen (secondary N) is 2. The molecule has 1 aliphatic heterocycles. The van der Waals surface area contributed by atoms with Gasteiger partial charge in [0.1, 0.15) is 16.5 Å². The minimum absolute atomic E-state index is 0.0838. The van der Waals surface area contributed by atoms with E-state index in [-0.39, 0.29) is 41.2 Å². The molecule has 0 aliphatic carbocycles. The number of hydrogen-bond donors (Lipinski definition) is 2. The number of carbonyl (C=O) groups excluding carboxylic acids is 1. The summed E-state index contributed by atoms with van der Waals surface area (Å²) in [5, 5.41) is 2.89. The van der Waals surface area contributed by atoms with Crippen molar-refractivity contribution in [3.8, 4) is 5.75 Å². The number of halogens is 1. The molecule has 0 aromatic heterocycles. The molecule has 0 fully saturated rings. The summed E-state index contributed by atoms with van der Waals surface area (Å²) < 4.78 is 51.4. The highest BCUT2D eigenvalue weighted by Gasteiger charge is 2.25.